The quantitative estimate of drug-likeness (QED) is 0.645. The molecule has 0 radical (unpaired) electrons. The molecule has 1 rings (SSSR count). The minimum Gasteiger partial charge on any atom is -0.507 e. The summed E-state index contributed by atoms with van der Waals surface area (Å²) in [7, 11) is 0. The molecule has 12 heavy (non-hydrogen) atoms. The van der Waals surface area contributed by atoms with Crippen LogP contribution < -0.4 is 0 Å². The van der Waals surface area contributed by atoms with Crippen LogP contribution in [0.4, 0.5) is 0 Å². The Bertz CT molecular complexity index is 327. The van der Waals surface area contributed by atoms with E-state index >= 15 is 0 Å². The van der Waals surface area contributed by atoms with Crippen LogP contribution in [0.1, 0.15) is 27.0 Å². The van der Waals surface area contributed by atoms with Gasteiger partial charge in [0.25, 0.3) is 0 Å². The summed E-state index contributed by atoms with van der Waals surface area (Å²) in [5.74, 6) is 0.105. The summed E-state index contributed by atoms with van der Waals surface area (Å²) in [5, 5.41) is 9.47. The second-order valence-corrected chi connectivity index (χ2v) is 3.00. The zero-order chi connectivity index (χ0) is 9.30. The number of aromatic hydroxyl groups is 1. The lowest BCUT2D eigenvalue weighted by molar-refractivity contribution is 0.112. The maximum atomic E-state index is 10.5. The number of benzene rings is 1. The molecule has 2 nitrogen and oxygen atoms in total. The van der Waals surface area contributed by atoms with E-state index in [2.05, 4.69) is 0 Å². The minimum atomic E-state index is 0.105. The molecule has 0 aliphatic rings. The van der Waals surface area contributed by atoms with Crippen LogP contribution in [-0.4, -0.2) is 11.4 Å². The van der Waals surface area contributed by atoms with E-state index in [9.17, 15) is 9.90 Å². The van der Waals surface area contributed by atoms with E-state index in [0.717, 1.165) is 16.7 Å². The number of hydrogen-bond acceptors (Lipinski definition) is 2. The van der Waals surface area contributed by atoms with Crippen molar-refractivity contribution in [2.24, 2.45) is 0 Å². The maximum Gasteiger partial charge on any atom is 0.153 e. The fraction of sp³-hybridized carbons (Fsp3) is 0.300. The van der Waals surface area contributed by atoms with Crippen molar-refractivity contribution >= 4 is 6.29 Å². The molecule has 0 aliphatic carbocycles. The third kappa shape index (κ3) is 1.20. The van der Waals surface area contributed by atoms with Crippen molar-refractivity contribution in [1.82, 2.24) is 0 Å². The molecular weight excluding hydrogens is 152 g/mol. The minimum absolute atomic E-state index is 0.105. The summed E-state index contributed by atoms with van der Waals surface area (Å²) >= 11 is 0. The molecule has 0 amide bonds. The maximum absolute atomic E-state index is 10.5. The highest BCUT2D eigenvalue weighted by Crippen LogP contribution is 2.26. The Morgan fingerprint density at radius 2 is 1.83 bits per heavy atom. The van der Waals surface area contributed by atoms with Crippen molar-refractivity contribution < 1.29 is 9.90 Å². The highest BCUT2D eigenvalue weighted by Gasteiger charge is 2.07. The third-order valence-corrected chi connectivity index (χ3v) is 2.28. The van der Waals surface area contributed by atoms with Gasteiger partial charge in [0.1, 0.15) is 5.75 Å². The standard InChI is InChI=1S/C10H12O2/c1-6-4-9(5-11)10(12)8(3)7(6)2/h4-5,12H,1-3H3. The molecule has 0 fully saturated rings. The van der Waals surface area contributed by atoms with E-state index in [1.807, 2.05) is 20.8 Å². The lowest BCUT2D eigenvalue weighted by atomic mass is 10.00. The van der Waals surface area contributed by atoms with Gasteiger partial charge in [-0.1, -0.05) is 0 Å². The first-order valence-electron chi connectivity index (χ1n) is 3.83. The second kappa shape index (κ2) is 2.97. The molecule has 0 saturated heterocycles. The molecule has 0 aromatic heterocycles. The first-order valence-corrected chi connectivity index (χ1v) is 3.83. The summed E-state index contributed by atoms with van der Waals surface area (Å²) in [6.07, 6.45) is 0.675. The number of phenolic OH excluding ortho intramolecular Hbond substituents is 1. The Labute approximate surface area is 71.8 Å². The van der Waals surface area contributed by atoms with Gasteiger partial charge in [0.05, 0.1) is 5.56 Å². The van der Waals surface area contributed by atoms with Crippen LogP contribution in [0.3, 0.4) is 0 Å². The van der Waals surface area contributed by atoms with Gasteiger partial charge in [0.15, 0.2) is 6.29 Å². The van der Waals surface area contributed by atoms with Gasteiger partial charge in [-0.3, -0.25) is 4.79 Å². The lowest BCUT2D eigenvalue weighted by Crippen LogP contribution is -1.92. The number of aryl methyl sites for hydroxylation is 1. The zero-order valence-electron chi connectivity index (χ0n) is 7.51. The molecule has 0 bridgehead atoms. The van der Waals surface area contributed by atoms with Crippen LogP contribution >= 0.6 is 0 Å². The van der Waals surface area contributed by atoms with Crippen LogP contribution in [0.2, 0.25) is 0 Å². The lowest BCUT2D eigenvalue weighted by Gasteiger charge is -2.08. The van der Waals surface area contributed by atoms with Crippen LogP contribution in [0, 0.1) is 20.8 Å². The summed E-state index contributed by atoms with van der Waals surface area (Å²) in [5.41, 5.74) is 3.23. The van der Waals surface area contributed by atoms with Crippen LogP contribution in [0.15, 0.2) is 6.07 Å². The fourth-order valence-corrected chi connectivity index (χ4v) is 1.19. The molecule has 0 aliphatic heterocycles. The Hall–Kier alpha value is -1.31. The first kappa shape index (κ1) is 8.78. The Kier molecular flexibility index (Phi) is 2.18. The van der Waals surface area contributed by atoms with Crippen molar-refractivity contribution in [3.05, 3.63) is 28.3 Å². The van der Waals surface area contributed by atoms with Crippen molar-refractivity contribution in [2.75, 3.05) is 0 Å². The molecule has 1 aromatic carbocycles. The molecule has 0 spiro atoms. The highest BCUT2D eigenvalue weighted by molar-refractivity contribution is 5.81. The van der Waals surface area contributed by atoms with Gasteiger partial charge in [0, 0.05) is 0 Å². The van der Waals surface area contributed by atoms with Crippen LogP contribution in [0.5, 0.6) is 5.75 Å². The van der Waals surface area contributed by atoms with Crippen LogP contribution in [-0.2, 0) is 0 Å². The summed E-state index contributed by atoms with van der Waals surface area (Å²) in [6.45, 7) is 5.67. The first-order chi connectivity index (χ1) is 5.57. The highest BCUT2D eigenvalue weighted by atomic mass is 16.3. The molecule has 64 valence electrons. The van der Waals surface area contributed by atoms with E-state index in [1.165, 1.54) is 0 Å². The topological polar surface area (TPSA) is 37.3 Å². The smallest absolute Gasteiger partial charge is 0.153 e. The SMILES string of the molecule is Cc1cc(C=O)c(O)c(C)c1C. The monoisotopic (exact) mass is 164 g/mol. The van der Waals surface area contributed by atoms with Gasteiger partial charge in [-0.2, -0.15) is 0 Å². The summed E-state index contributed by atoms with van der Waals surface area (Å²) < 4.78 is 0. The summed E-state index contributed by atoms with van der Waals surface area (Å²) in [6, 6.07) is 1.70. The molecular formula is C10H12O2. The molecule has 0 heterocycles. The third-order valence-electron chi connectivity index (χ3n) is 2.28. The van der Waals surface area contributed by atoms with E-state index < -0.39 is 0 Å². The van der Waals surface area contributed by atoms with Gasteiger partial charge >= 0.3 is 0 Å². The Morgan fingerprint density at radius 1 is 1.25 bits per heavy atom. The van der Waals surface area contributed by atoms with Gasteiger partial charge in [0.2, 0.25) is 0 Å². The predicted octanol–water partition coefficient (Wildman–Crippen LogP) is 2.13. The van der Waals surface area contributed by atoms with E-state index in [4.69, 9.17) is 0 Å². The summed E-state index contributed by atoms with van der Waals surface area (Å²) in [4.78, 5) is 10.5. The van der Waals surface area contributed by atoms with E-state index in [1.54, 1.807) is 6.07 Å². The largest absolute Gasteiger partial charge is 0.507 e. The average molecular weight is 164 g/mol. The molecule has 1 aromatic rings. The molecule has 0 saturated carbocycles. The number of carbonyl (C=O) groups excluding carboxylic acids is 1. The van der Waals surface area contributed by atoms with Gasteiger partial charge < -0.3 is 5.11 Å². The van der Waals surface area contributed by atoms with Crippen molar-refractivity contribution in [2.45, 2.75) is 20.8 Å². The van der Waals surface area contributed by atoms with Crippen molar-refractivity contribution in [3.63, 3.8) is 0 Å². The number of hydrogen-bond donors (Lipinski definition) is 1. The Morgan fingerprint density at radius 3 is 2.33 bits per heavy atom. The normalized spacial score (nSPS) is 9.92. The fourth-order valence-electron chi connectivity index (χ4n) is 1.19. The zero-order valence-corrected chi connectivity index (χ0v) is 7.51. The number of phenols is 1. The molecule has 1 N–H and O–H groups in total. The Balaban J connectivity index is 3.49. The molecule has 2 heteroatoms. The number of aldehydes is 1. The van der Waals surface area contributed by atoms with Crippen molar-refractivity contribution in [3.8, 4) is 5.75 Å². The van der Waals surface area contributed by atoms with E-state index in [0.29, 0.717) is 11.8 Å². The number of rotatable bonds is 1. The van der Waals surface area contributed by atoms with Crippen molar-refractivity contribution in [1.29, 1.82) is 0 Å². The van der Waals surface area contributed by atoms with Crippen LogP contribution in [0.25, 0.3) is 0 Å². The van der Waals surface area contributed by atoms with Gasteiger partial charge in [-0.05, 0) is 43.5 Å². The van der Waals surface area contributed by atoms with Gasteiger partial charge in [-0.25, -0.2) is 0 Å². The van der Waals surface area contributed by atoms with Gasteiger partial charge in [-0.15, -0.1) is 0 Å². The van der Waals surface area contributed by atoms with E-state index in [-0.39, 0.29) is 5.75 Å². The average Bonchev–Trinajstić information content (AvgIpc) is 2.08. The second-order valence-electron chi connectivity index (χ2n) is 3.00. The molecule has 0 atom stereocenters. The predicted molar refractivity (Wildman–Crippen MR) is 47.7 cm³/mol. The number of carbonyl (C=O) groups is 1. The molecule has 0 unspecified atom stereocenters.